The molecule has 0 saturated heterocycles. The molecule has 118 valence electrons. The van der Waals surface area contributed by atoms with Crippen LogP contribution >= 0.6 is 0 Å². The number of ether oxygens (including phenoxy) is 1. The van der Waals surface area contributed by atoms with Crippen LogP contribution in [0.25, 0.3) is 0 Å². The van der Waals surface area contributed by atoms with E-state index in [2.05, 4.69) is 5.32 Å². The second-order valence-corrected chi connectivity index (χ2v) is 5.19. The van der Waals surface area contributed by atoms with E-state index in [0.29, 0.717) is 19.8 Å². The standard InChI is InChI=1S/C14H28N2O4/c1-6-16(11(5)8-13(17)18)14(19)15-12(10(3)4)9-20-7-2/h10-12H,6-9H2,1-5H3,(H,15,19)(H,17,18). The molecule has 0 aromatic heterocycles. The molecule has 0 fully saturated rings. The monoisotopic (exact) mass is 288 g/mol. The van der Waals surface area contributed by atoms with Crippen molar-refractivity contribution in [2.24, 2.45) is 5.92 Å². The molecule has 0 aliphatic rings. The van der Waals surface area contributed by atoms with Gasteiger partial charge in [-0.15, -0.1) is 0 Å². The van der Waals surface area contributed by atoms with Crippen LogP contribution in [0, 0.1) is 5.92 Å². The van der Waals surface area contributed by atoms with Crippen LogP contribution in [-0.2, 0) is 9.53 Å². The predicted octanol–water partition coefficient (Wildman–Crippen LogP) is 1.94. The van der Waals surface area contributed by atoms with Crippen molar-refractivity contribution in [2.45, 2.75) is 53.1 Å². The number of hydrogen-bond acceptors (Lipinski definition) is 3. The minimum Gasteiger partial charge on any atom is -0.481 e. The number of amides is 2. The number of carboxylic acids is 1. The molecule has 0 aliphatic heterocycles. The van der Waals surface area contributed by atoms with Gasteiger partial charge in [0, 0.05) is 19.2 Å². The lowest BCUT2D eigenvalue weighted by atomic mass is 10.1. The molecular weight excluding hydrogens is 260 g/mol. The number of hydrogen-bond donors (Lipinski definition) is 2. The van der Waals surface area contributed by atoms with Crippen LogP contribution in [-0.4, -0.2) is 53.8 Å². The third-order valence-corrected chi connectivity index (χ3v) is 3.22. The number of carbonyl (C=O) groups excluding carboxylic acids is 1. The Labute approximate surface area is 121 Å². The number of nitrogens with zero attached hydrogens (tertiary/aromatic N) is 1. The maximum absolute atomic E-state index is 12.2. The molecule has 6 heteroatoms. The van der Waals surface area contributed by atoms with E-state index in [0.717, 1.165) is 0 Å². The van der Waals surface area contributed by atoms with Crippen molar-refractivity contribution in [1.82, 2.24) is 10.2 Å². The highest BCUT2D eigenvalue weighted by Crippen LogP contribution is 2.08. The summed E-state index contributed by atoms with van der Waals surface area (Å²) in [6.07, 6.45) is -0.0565. The van der Waals surface area contributed by atoms with Crippen molar-refractivity contribution < 1.29 is 19.4 Å². The van der Waals surface area contributed by atoms with E-state index in [1.165, 1.54) is 4.90 Å². The average molecular weight is 288 g/mol. The molecule has 2 amide bonds. The molecule has 2 unspecified atom stereocenters. The van der Waals surface area contributed by atoms with Gasteiger partial charge in [-0.25, -0.2) is 4.79 Å². The Balaban J connectivity index is 4.61. The van der Waals surface area contributed by atoms with E-state index in [1.54, 1.807) is 6.92 Å². The summed E-state index contributed by atoms with van der Waals surface area (Å²) in [4.78, 5) is 24.5. The van der Waals surface area contributed by atoms with Gasteiger partial charge in [-0.05, 0) is 26.7 Å². The normalized spacial score (nSPS) is 13.9. The highest BCUT2D eigenvalue weighted by Gasteiger charge is 2.24. The van der Waals surface area contributed by atoms with Gasteiger partial charge >= 0.3 is 12.0 Å². The van der Waals surface area contributed by atoms with E-state index in [4.69, 9.17) is 9.84 Å². The van der Waals surface area contributed by atoms with Gasteiger partial charge in [0.2, 0.25) is 0 Å². The van der Waals surface area contributed by atoms with Crippen LogP contribution in [0.2, 0.25) is 0 Å². The zero-order valence-electron chi connectivity index (χ0n) is 13.2. The summed E-state index contributed by atoms with van der Waals surface area (Å²) in [6.45, 7) is 11.1. The van der Waals surface area contributed by atoms with Gasteiger partial charge in [-0.3, -0.25) is 4.79 Å². The van der Waals surface area contributed by atoms with Gasteiger partial charge in [0.1, 0.15) is 0 Å². The molecular formula is C14H28N2O4. The number of carbonyl (C=O) groups is 2. The van der Waals surface area contributed by atoms with Crippen LogP contribution in [0.4, 0.5) is 4.79 Å². The Kier molecular flexibility index (Phi) is 8.96. The Hall–Kier alpha value is -1.30. The highest BCUT2D eigenvalue weighted by molar-refractivity contribution is 5.76. The maximum Gasteiger partial charge on any atom is 0.317 e. The molecule has 0 aromatic rings. The van der Waals surface area contributed by atoms with Crippen LogP contribution in [0.15, 0.2) is 0 Å². The third kappa shape index (κ3) is 6.75. The third-order valence-electron chi connectivity index (χ3n) is 3.22. The second-order valence-electron chi connectivity index (χ2n) is 5.19. The Bertz CT molecular complexity index is 308. The first kappa shape index (κ1) is 18.7. The van der Waals surface area contributed by atoms with Crippen molar-refractivity contribution >= 4 is 12.0 Å². The quantitative estimate of drug-likeness (QED) is 0.679. The summed E-state index contributed by atoms with van der Waals surface area (Å²) in [5, 5.41) is 11.7. The lowest BCUT2D eigenvalue weighted by Crippen LogP contribution is -2.51. The molecule has 0 aliphatic carbocycles. The number of aliphatic carboxylic acids is 1. The smallest absolute Gasteiger partial charge is 0.317 e. The molecule has 0 bridgehead atoms. The molecule has 2 N–H and O–H groups in total. The Morgan fingerprint density at radius 3 is 2.25 bits per heavy atom. The van der Waals surface area contributed by atoms with Crippen LogP contribution in [0.3, 0.4) is 0 Å². The van der Waals surface area contributed by atoms with Gasteiger partial charge in [0.05, 0.1) is 19.1 Å². The molecule has 0 radical (unpaired) electrons. The zero-order chi connectivity index (χ0) is 15.7. The van der Waals surface area contributed by atoms with Gasteiger partial charge in [0.25, 0.3) is 0 Å². The zero-order valence-corrected chi connectivity index (χ0v) is 13.2. The van der Waals surface area contributed by atoms with E-state index < -0.39 is 5.97 Å². The van der Waals surface area contributed by atoms with Crippen LogP contribution in [0.5, 0.6) is 0 Å². The molecule has 0 rings (SSSR count). The van der Waals surface area contributed by atoms with Crippen LogP contribution < -0.4 is 5.32 Å². The first-order valence-electron chi connectivity index (χ1n) is 7.20. The number of urea groups is 1. The Morgan fingerprint density at radius 1 is 1.25 bits per heavy atom. The van der Waals surface area contributed by atoms with Crippen LogP contribution in [0.1, 0.15) is 41.0 Å². The van der Waals surface area contributed by atoms with Crippen molar-refractivity contribution in [3.8, 4) is 0 Å². The Morgan fingerprint density at radius 2 is 1.85 bits per heavy atom. The van der Waals surface area contributed by atoms with Crippen molar-refractivity contribution in [2.75, 3.05) is 19.8 Å². The SMILES string of the molecule is CCOCC(NC(=O)N(CC)C(C)CC(=O)O)C(C)C. The number of rotatable bonds is 9. The maximum atomic E-state index is 12.2. The summed E-state index contributed by atoms with van der Waals surface area (Å²) in [5.41, 5.74) is 0. The van der Waals surface area contributed by atoms with Crippen molar-refractivity contribution in [3.05, 3.63) is 0 Å². The minimum atomic E-state index is -0.904. The van der Waals surface area contributed by atoms with Gasteiger partial charge < -0.3 is 20.1 Å². The van der Waals surface area contributed by atoms with Crippen molar-refractivity contribution in [1.29, 1.82) is 0 Å². The lowest BCUT2D eigenvalue weighted by molar-refractivity contribution is -0.138. The molecule has 0 heterocycles. The summed E-state index contributed by atoms with van der Waals surface area (Å²) in [7, 11) is 0. The predicted molar refractivity (Wildman–Crippen MR) is 77.7 cm³/mol. The van der Waals surface area contributed by atoms with Gasteiger partial charge in [0.15, 0.2) is 0 Å². The second kappa shape index (κ2) is 9.58. The first-order valence-corrected chi connectivity index (χ1v) is 7.20. The van der Waals surface area contributed by atoms with E-state index in [9.17, 15) is 9.59 Å². The fourth-order valence-electron chi connectivity index (χ4n) is 1.91. The largest absolute Gasteiger partial charge is 0.481 e. The van der Waals surface area contributed by atoms with E-state index in [1.807, 2.05) is 27.7 Å². The molecule has 6 nitrogen and oxygen atoms in total. The number of carboxylic acid groups (broad SMARTS) is 1. The molecule has 0 spiro atoms. The first-order chi connectivity index (χ1) is 9.33. The van der Waals surface area contributed by atoms with E-state index >= 15 is 0 Å². The van der Waals surface area contributed by atoms with Gasteiger partial charge in [-0.1, -0.05) is 13.8 Å². The highest BCUT2D eigenvalue weighted by atomic mass is 16.5. The summed E-state index contributed by atoms with van der Waals surface area (Å²) < 4.78 is 5.37. The molecule has 0 saturated carbocycles. The summed E-state index contributed by atoms with van der Waals surface area (Å²) >= 11 is 0. The van der Waals surface area contributed by atoms with Crippen molar-refractivity contribution in [3.63, 3.8) is 0 Å². The molecule has 0 aromatic carbocycles. The van der Waals surface area contributed by atoms with Gasteiger partial charge in [-0.2, -0.15) is 0 Å². The summed E-state index contributed by atoms with van der Waals surface area (Å²) in [6, 6.07) is -0.648. The minimum absolute atomic E-state index is 0.0565. The topological polar surface area (TPSA) is 78.9 Å². The lowest BCUT2D eigenvalue weighted by Gasteiger charge is -2.31. The molecule has 20 heavy (non-hydrogen) atoms. The number of nitrogens with one attached hydrogen (secondary N) is 1. The molecule has 2 atom stereocenters. The average Bonchev–Trinajstić information content (AvgIpc) is 2.33. The van der Waals surface area contributed by atoms with E-state index in [-0.39, 0.29) is 30.5 Å². The summed E-state index contributed by atoms with van der Waals surface area (Å²) in [5.74, 6) is -0.655. The fourth-order valence-corrected chi connectivity index (χ4v) is 1.91. The fraction of sp³-hybridized carbons (Fsp3) is 0.857.